The average molecular weight is 246 g/mol. The molecule has 2 aliphatic heterocycles. The van der Waals surface area contributed by atoms with Gasteiger partial charge >= 0.3 is 0 Å². The molecule has 1 aromatic rings. The molecular weight excluding hydrogens is 228 g/mol. The maximum atomic E-state index is 11.6. The molecule has 0 radical (unpaired) electrons. The van der Waals surface area contributed by atoms with Crippen molar-refractivity contribution < 1.29 is 9.53 Å². The zero-order chi connectivity index (χ0) is 12.5. The van der Waals surface area contributed by atoms with Crippen LogP contribution in [0.1, 0.15) is 28.8 Å². The van der Waals surface area contributed by atoms with Gasteiger partial charge in [0.1, 0.15) is 11.9 Å². The van der Waals surface area contributed by atoms with Crippen LogP contribution in [0.3, 0.4) is 0 Å². The quantitative estimate of drug-likeness (QED) is 0.857. The minimum atomic E-state index is 0.0128. The molecule has 0 spiro atoms. The lowest BCUT2D eigenvalue weighted by molar-refractivity contribution is 0.0963. The number of hydrogen-bond acceptors (Lipinski definition) is 3. The van der Waals surface area contributed by atoms with Crippen LogP contribution in [0.15, 0.2) is 18.2 Å². The van der Waals surface area contributed by atoms with E-state index in [9.17, 15) is 4.79 Å². The molecule has 1 fully saturated rings. The zero-order valence-corrected chi connectivity index (χ0v) is 10.6. The van der Waals surface area contributed by atoms with Crippen LogP contribution >= 0.6 is 0 Å². The van der Waals surface area contributed by atoms with E-state index in [0.717, 1.165) is 42.8 Å². The standard InChI is InChI=1S/C14H18N2O2/c1-16-6-4-11(5-7-16)18-12-3-2-10-9-15-14(17)13(10)8-12/h2-3,8,11H,4-7,9H2,1H3,(H,15,17). The SMILES string of the molecule is CN1CCC(Oc2ccc3c(c2)C(=O)NC3)CC1. The number of rotatable bonds is 2. The summed E-state index contributed by atoms with van der Waals surface area (Å²) in [5.41, 5.74) is 1.83. The third-order valence-corrected chi connectivity index (χ3v) is 3.73. The summed E-state index contributed by atoms with van der Waals surface area (Å²) in [6.45, 7) is 2.80. The number of carbonyl (C=O) groups is 1. The molecule has 0 bridgehead atoms. The third kappa shape index (κ3) is 2.20. The smallest absolute Gasteiger partial charge is 0.252 e. The van der Waals surface area contributed by atoms with Crippen LogP contribution in [-0.4, -0.2) is 37.0 Å². The summed E-state index contributed by atoms with van der Waals surface area (Å²) in [5.74, 6) is 0.833. The van der Waals surface area contributed by atoms with E-state index in [1.165, 1.54) is 0 Å². The number of amides is 1. The summed E-state index contributed by atoms with van der Waals surface area (Å²) in [4.78, 5) is 13.9. The van der Waals surface area contributed by atoms with E-state index in [4.69, 9.17) is 4.74 Å². The van der Waals surface area contributed by atoms with E-state index in [1.807, 2.05) is 18.2 Å². The van der Waals surface area contributed by atoms with Gasteiger partial charge < -0.3 is 15.0 Å². The molecule has 3 rings (SSSR count). The Kier molecular flexibility index (Phi) is 2.96. The molecule has 4 heteroatoms. The van der Waals surface area contributed by atoms with Gasteiger partial charge in [-0.05, 0) is 37.6 Å². The number of fused-ring (bicyclic) bond motifs is 1. The van der Waals surface area contributed by atoms with Crippen LogP contribution in [0.5, 0.6) is 5.75 Å². The van der Waals surface area contributed by atoms with Gasteiger partial charge in [0.2, 0.25) is 0 Å². The van der Waals surface area contributed by atoms with Crippen LogP contribution in [0, 0.1) is 0 Å². The summed E-state index contributed by atoms with van der Waals surface area (Å²) in [6.07, 6.45) is 2.39. The number of nitrogens with zero attached hydrogens (tertiary/aromatic N) is 1. The summed E-state index contributed by atoms with van der Waals surface area (Å²) in [6, 6.07) is 5.82. The highest BCUT2D eigenvalue weighted by Crippen LogP contribution is 2.24. The van der Waals surface area contributed by atoms with Gasteiger partial charge in [-0.3, -0.25) is 4.79 Å². The third-order valence-electron chi connectivity index (χ3n) is 3.73. The number of benzene rings is 1. The van der Waals surface area contributed by atoms with Gasteiger partial charge in [-0.25, -0.2) is 0 Å². The van der Waals surface area contributed by atoms with E-state index >= 15 is 0 Å². The highest BCUT2D eigenvalue weighted by atomic mass is 16.5. The minimum Gasteiger partial charge on any atom is -0.490 e. The van der Waals surface area contributed by atoms with Gasteiger partial charge in [0, 0.05) is 25.2 Å². The highest BCUT2D eigenvalue weighted by molar-refractivity contribution is 5.98. The van der Waals surface area contributed by atoms with E-state index in [0.29, 0.717) is 6.54 Å². The van der Waals surface area contributed by atoms with Gasteiger partial charge in [-0.2, -0.15) is 0 Å². The van der Waals surface area contributed by atoms with Crippen LogP contribution < -0.4 is 10.1 Å². The minimum absolute atomic E-state index is 0.0128. The summed E-state index contributed by atoms with van der Waals surface area (Å²) in [7, 11) is 2.13. The van der Waals surface area contributed by atoms with Crippen LogP contribution in [0.4, 0.5) is 0 Å². The lowest BCUT2D eigenvalue weighted by Crippen LogP contribution is -2.35. The predicted molar refractivity (Wildman–Crippen MR) is 68.8 cm³/mol. The van der Waals surface area contributed by atoms with Gasteiger partial charge in [0.05, 0.1) is 0 Å². The van der Waals surface area contributed by atoms with Crippen LogP contribution in [-0.2, 0) is 6.54 Å². The first-order valence-corrected chi connectivity index (χ1v) is 6.49. The number of piperidine rings is 1. The van der Waals surface area contributed by atoms with Crippen molar-refractivity contribution in [3.05, 3.63) is 29.3 Å². The first-order chi connectivity index (χ1) is 8.72. The predicted octanol–water partition coefficient (Wildman–Crippen LogP) is 1.40. The molecule has 2 heterocycles. The lowest BCUT2D eigenvalue weighted by Gasteiger charge is -2.29. The molecule has 4 nitrogen and oxygen atoms in total. The zero-order valence-electron chi connectivity index (χ0n) is 10.6. The fourth-order valence-electron chi connectivity index (χ4n) is 2.56. The fourth-order valence-corrected chi connectivity index (χ4v) is 2.56. The Labute approximate surface area is 107 Å². The first kappa shape index (κ1) is 11.5. The van der Waals surface area contributed by atoms with Crippen molar-refractivity contribution in [2.24, 2.45) is 0 Å². The summed E-state index contributed by atoms with van der Waals surface area (Å²) in [5, 5.41) is 2.82. The van der Waals surface area contributed by atoms with Crippen LogP contribution in [0.2, 0.25) is 0 Å². The van der Waals surface area contributed by atoms with Gasteiger partial charge in [0.15, 0.2) is 0 Å². The Balaban J connectivity index is 1.70. The van der Waals surface area contributed by atoms with Crippen molar-refractivity contribution in [3.63, 3.8) is 0 Å². The second-order valence-corrected chi connectivity index (χ2v) is 5.12. The lowest BCUT2D eigenvalue weighted by atomic mass is 10.1. The van der Waals surface area contributed by atoms with Crippen molar-refractivity contribution in [1.29, 1.82) is 0 Å². The Bertz CT molecular complexity index is 465. The van der Waals surface area contributed by atoms with E-state index in [-0.39, 0.29) is 12.0 Å². The van der Waals surface area contributed by atoms with Crippen molar-refractivity contribution in [2.75, 3.05) is 20.1 Å². The largest absolute Gasteiger partial charge is 0.490 e. The Hall–Kier alpha value is -1.55. The number of hydrogen-bond donors (Lipinski definition) is 1. The second kappa shape index (κ2) is 4.61. The molecule has 0 atom stereocenters. The number of nitrogens with one attached hydrogen (secondary N) is 1. The van der Waals surface area contributed by atoms with E-state index in [2.05, 4.69) is 17.3 Å². The van der Waals surface area contributed by atoms with E-state index < -0.39 is 0 Å². The second-order valence-electron chi connectivity index (χ2n) is 5.12. The molecule has 1 saturated heterocycles. The Morgan fingerprint density at radius 1 is 1.33 bits per heavy atom. The molecule has 1 amide bonds. The Morgan fingerprint density at radius 2 is 2.11 bits per heavy atom. The summed E-state index contributed by atoms with van der Waals surface area (Å²) < 4.78 is 5.97. The molecular formula is C14H18N2O2. The maximum absolute atomic E-state index is 11.6. The first-order valence-electron chi connectivity index (χ1n) is 6.49. The molecule has 0 aliphatic carbocycles. The molecule has 2 aliphatic rings. The maximum Gasteiger partial charge on any atom is 0.252 e. The van der Waals surface area contributed by atoms with Gasteiger partial charge in [-0.1, -0.05) is 6.07 Å². The van der Waals surface area contributed by atoms with Crippen molar-refractivity contribution in [1.82, 2.24) is 10.2 Å². The number of likely N-dealkylation sites (tertiary alicyclic amines) is 1. The molecule has 18 heavy (non-hydrogen) atoms. The van der Waals surface area contributed by atoms with Crippen molar-refractivity contribution >= 4 is 5.91 Å². The normalized spacial score (nSPS) is 20.6. The highest BCUT2D eigenvalue weighted by Gasteiger charge is 2.21. The fraction of sp³-hybridized carbons (Fsp3) is 0.500. The average Bonchev–Trinajstić information content (AvgIpc) is 2.74. The Morgan fingerprint density at radius 3 is 2.89 bits per heavy atom. The molecule has 1 aromatic carbocycles. The summed E-state index contributed by atoms with van der Waals surface area (Å²) >= 11 is 0. The van der Waals surface area contributed by atoms with Gasteiger partial charge in [0.25, 0.3) is 5.91 Å². The number of ether oxygens (including phenoxy) is 1. The molecule has 96 valence electrons. The van der Waals surface area contributed by atoms with E-state index in [1.54, 1.807) is 0 Å². The monoisotopic (exact) mass is 246 g/mol. The van der Waals surface area contributed by atoms with Crippen molar-refractivity contribution in [3.8, 4) is 5.75 Å². The topological polar surface area (TPSA) is 41.6 Å². The van der Waals surface area contributed by atoms with Gasteiger partial charge in [-0.15, -0.1) is 0 Å². The molecule has 0 aromatic heterocycles. The molecule has 0 saturated carbocycles. The van der Waals surface area contributed by atoms with Crippen LogP contribution in [0.25, 0.3) is 0 Å². The molecule has 0 unspecified atom stereocenters. The number of carbonyl (C=O) groups excluding carboxylic acids is 1. The van der Waals surface area contributed by atoms with Crippen molar-refractivity contribution in [2.45, 2.75) is 25.5 Å². The molecule has 1 N–H and O–H groups in total.